The summed E-state index contributed by atoms with van der Waals surface area (Å²) in [4.78, 5) is 14.9. The van der Waals surface area contributed by atoms with Crippen molar-refractivity contribution >= 4 is 11.5 Å². The Labute approximate surface area is 154 Å². The number of likely N-dealkylation sites (N-methyl/N-ethyl adjacent to an activating group) is 1. The predicted molar refractivity (Wildman–Crippen MR) is 105 cm³/mol. The minimum absolute atomic E-state index is 0.184. The van der Waals surface area contributed by atoms with E-state index < -0.39 is 0 Å². The van der Waals surface area contributed by atoms with Crippen LogP contribution in [0.2, 0.25) is 0 Å². The van der Waals surface area contributed by atoms with Gasteiger partial charge in [-0.15, -0.1) is 0 Å². The van der Waals surface area contributed by atoms with Crippen molar-refractivity contribution in [2.24, 2.45) is 0 Å². The van der Waals surface area contributed by atoms with Gasteiger partial charge in [-0.05, 0) is 30.2 Å². The molecule has 0 unspecified atom stereocenters. The molecule has 1 aliphatic rings. The largest absolute Gasteiger partial charge is 0.347 e. The Morgan fingerprint density at radius 2 is 1.69 bits per heavy atom. The SMILES string of the molecule is CC(/C=C1\N(C)c2ccccc2C1(C)C)=C(/C#N)C(=O)c1ccccc1. The van der Waals surface area contributed by atoms with Gasteiger partial charge in [-0.1, -0.05) is 62.4 Å². The third kappa shape index (κ3) is 2.84. The van der Waals surface area contributed by atoms with Gasteiger partial charge in [0.15, 0.2) is 0 Å². The van der Waals surface area contributed by atoms with Crippen molar-refractivity contribution in [3.05, 3.63) is 88.6 Å². The van der Waals surface area contributed by atoms with Crippen LogP contribution in [0, 0.1) is 11.3 Å². The fraction of sp³-hybridized carbons (Fsp3) is 0.217. The van der Waals surface area contributed by atoms with Crippen molar-refractivity contribution in [1.29, 1.82) is 5.26 Å². The number of Topliss-reactive ketones (excluding diaryl/α,β-unsaturated/α-hetero) is 1. The van der Waals surface area contributed by atoms with Gasteiger partial charge in [0.1, 0.15) is 11.6 Å². The second-order valence-electron chi connectivity index (χ2n) is 7.10. The van der Waals surface area contributed by atoms with Crippen molar-refractivity contribution in [1.82, 2.24) is 0 Å². The Morgan fingerprint density at radius 3 is 2.31 bits per heavy atom. The molecule has 0 radical (unpaired) electrons. The van der Waals surface area contributed by atoms with Gasteiger partial charge in [-0.3, -0.25) is 4.79 Å². The highest BCUT2D eigenvalue weighted by Gasteiger charge is 2.38. The first kappa shape index (κ1) is 17.7. The smallest absolute Gasteiger partial charge is 0.203 e. The van der Waals surface area contributed by atoms with E-state index in [2.05, 4.69) is 36.9 Å². The molecule has 0 aromatic heterocycles. The molecule has 0 spiro atoms. The molecule has 0 amide bonds. The molecule has 2 aromatic rings. The summed E-state index contributed by atoms with van der Waals surface area (Å²) in [5, 5.41) is 9.60. The molecule has 130 valence electrons. The van der Waals surface area contributed by atoms with Crippen LogP contribution in [0.1, 0.15) is 36.7 Å². The maximum absolute atomic E-state index is 12.7. The van der Waals surface area contributed by atoms with Crippen LogP contribution in [-0.2, 0) is 5.41 Å². The zero-order valence-corrected chi connectivity index (χ0v) is 15.6. The van der Waals surface area contributed by atoms with Crippen molar-refractivity contribution in [2.45, 2.75) is 26.2 Å². The quantitative estimate of drug-likeness (QED) is 0.447. The first-order valence-electron chi connectivity index (χ1n) is 8.64. The molecular weight excluding hydrogens is 320 g/mol. The van der Waals surface area contributed by atoms with E-state index in [0.717, 1.165) is 11.4 Å². The van der Waals surface area contributed by atoms with Crippen LogP contribution in [0.5, 0.6) is 0 Å². The molecule has 3 nitrogen and oxygen atoms in total. The molecule has 3 rings (SSSR count). The second-order valence-corrected chi connectivity index (χ2v) is 7.10. The number of ketones is 1. The average Bonchev–Trinajstić information content (AvgIpc) is 2.84. The van der Waals surface area contributed by atoms with E-state index >= 15 is 0 Å². The summed E-state index contributed by atoms with van der Waals surface area (Å²) in [6, 6.07) is 19.3. The molecular formula is C23H22N2O. The zero-order valence-electron chi connectivity index (χ0n) is 15.6. The molecule has 1 heterocycles. The molecule has 0 bridgehead atoms. The van der Waals surface area contributed by atoms with E-state index in [1.54, 1.807) is 24.3 Å². The Balaban J connectivity index is 2.07. The number of rotatable bonds is 3. The van der Waals surface area contributed by atoms with Gasteiger partial charge in [0.25, 0.3) is 0 Å². The number of nitrogens with zero attached hydrogens (tertiary/aromatic N) is 2. The summed E-state index contributed by atoms with van der Waals surface area (Å²) in [6.07, 6.45) is 1.97. The van der Waals surface area contributed by atoms with E-state index in [1.165, 1.54) is 5.56 Å². The average molecular weight is 342 g/mol. The summed E-state index contributed by atoms with van der Waals surface area (Å²) < 4.78 is 0. The number of para-hydroxylation sites is 1. The lowest BCUT2D eigenvalue weighted by atomic mass is 9.83. The van der Waals surface area contributed by atoms with Crippen LogP contribution in [0.25, 0.3) is 0 Å². The fourth-order valence-corrected chi connectivity index (χ4v) is 3.59. The molecule has 0 N–H and O–H groups in total. The van der Waals surface area contributed by atoms with Gasteiger partial charge in [-0.25, -0.2) is 0 Å². The third-order valence-corrected chi connectivity index (χ3v) is 5.06. The predicted octanol–water partition coefficient (Wildman–Crippen LogP) is 5.02. The number of nitriles is 1. The number of anilines is 1. The molecule has 0 saturated carbocycles. The normalized spacial score (nSPS) is 17.5. The Bertz CT molecular complexity index is 959. The standard InChI is InChI=1S/C23H22N2O/c1-16(18(15-24)22(26)17-10-6-5-7-11-17)14-21-23(2,3)19-12-8-9-13-20(19)25(21)4/h5-14H,1-4H3/b18-16+,21-14-. The van der Waals surface area contributed by atoms with Crippen molar-refractivity contribution < 1.29 is 4.79 Å². The van der Waals surface area contributed by atoms with Crippen molar-refractivity contribution in [2.75, 3.05) is 11.9 Å². The van der Waals surface area contributed by atoms with Crippen LogP contribution in [0.3, 0.4) is 0 Å². The number of hydrogen-bond acceptors (Lipinski definition) is 3. The maximum atomic E-state index is 12.7. The van der Waals surface area contributed by atoms with E-state index in [4.69, 9.17) is 0 Å². The fourth-order valence-electron chi connectivity index (χ4n) is 3.59. The van der Waals surface area contributed by atoms with Gasteiger partial charge in [0.05, 0.1) is 0 Å². The van der Waals surface area contributed by atoms with Crippen LogP contribution >= 0.6 is 0 Å². The summed E-state index contributed by atoms with van der Waals surface area (Å²) >= 11 is 0. The highest BCUT2D eigenvalue weighted by molar-refractivity contribution is 6.12. The van der Waals surface area contributed by atoms with Crippen LogP contribution in [-0.4, -0.2) is 12.8 Å². The minimum atomic E-state index is -0.238. The summed E-state index contributed by atoms with van der Waals surface area (Å²) in [6.45, 7) is 6.17. The van der Waals surface area contributed by atoms with E-state index in [1.807, 2.05) is 38.2 Å². The molecule has 1 aliphatic heterocycles. The number of fused-ring (bicyclic) bond motifs is 1. The number of benzene rings is 2. The minimum Gasteiger partial charge on any atom is -0.347 e. The second kappa shape index (κ2) is 6.65. The van der Waals surface area contributed by atoms with E-state index in [-0.39, 0.29) is 16.8 Å². The number of allylic oxidation sites excluding steroid dienone is 4. The van der Waals surface area contributed by atoms with Gasteiger partial charge in [0, 0.05) is 29.4 Å². The molecule has 3 heteroatoms. The van der Waals surface area contributed by atoms with E-state index in [9.17, 15) is 10.1 Å². The first-order valence-corrected chi connectivity index (χ1v) is 8.64. The summed E-state index contributed by atoms with van der Waals surface area (Å²) in [7, 11) is 2.03. The van der Waals surface area contributed by atoms with Crippen LogP contribution in [0.4, 0.5) is 5.69 Å². The summed E-state index contributed by atoms with van der Waals surface area (Å²) in [5.41, 5.74) is 4.68. The molecule has 0 atom stereocenters. The lowest BCUT2D eigenvalue weighted by Gasteiger charge is -2.24. The van der Waals surface area contributed by atoms with Crippen molar-refractivity contribution in [3.8, 4) is 6.07 Å². The summed E-state index contributed by atoms with van der Waals surface area (Å²) in [5.74, 6) is -0.238. The van der Waals surface area contributed by atoms with Gasteiger partial charge >= 0.3 is 0 Å². The lowest BCUT2D eigenvalue weighted by molar-refractivity contribution is 0.103. The van der Waals surface area contributed by atoms with Crippen LogP contribution < -0.4 is 4.90 Å². The topological polar surface area (TPSA) is 44.1 Å². The molecule has 2 aromatic carbocycles. The number of hydrogen-bond donors (Lipinski definition) is 0. The zero-order chi connectivity index (χ0) is 18.9. The monoisotopic (exact) mass is 342 g/mol. The highest BCUT2D eigenvalue weighted by Crippen LogP contribution is 2.47. The van der Waals surface area contributed by atoms with Gasteiger partial charge in [0.2, 0.25) is 5.78 Å². The Morgan fingerprint density at radius 1 is 1.08 bits per heavy atom. The molecule has 0 fully saturated rings. The number of carbonyl (C=O) groups is 1. The lowest BCUT2D eigenvalue weighted by Crippen LogP contribution is -2.23. The number of carbonyl (C=O) groups excluding carboxylic acids is 1. The maximum Gasteiger partial charge on any atom is 0.203 e. The molecule has 26 heavy (non-hydrogen) atoms. The Hall–Kier alpha value is -3.12. The molecule has 0 saturated heterocycles. The first-order chi connectivity index (χ1) is 12.4. The molecule has 0 aliphatic carbocycles. The van der Waals surface area contributed by atoms with Gasteiger partial charge in [-0.2, -0.15) is 5.26 Å². The highest BCUT2D eigenvalue weighted by atomic mass is 16.1. The van der Waals surface area contributed by atoms with Crippen LogP contribution in [0.15, 0.2) is 77.5 Å². The third-order valence-electron chi connectivity index (χ3n) is 5.06. The van der Waals surface area contributed by atoms with E-state index in [0.29, 0.717) is 11.1 Å². The Kier molecular flexibility index (Phi) is 4.52. The van der Waals surface area contributed by atoms with Crippen molar-refractivity contribution in [3.63, 3.8) is 0 Å². The van der Waals surface area contributed by atoms with Gasteiger partial charge < -0.3 is 4.90 Å².